The highest BCUT2D eigenvalue weighted by Crippen LogP contribution is 2.24. The summed E-state index contributed by atoms with van der Waals surface area (Å²) in [6.45, 7) is 6.64. The lowest BCUT2D eigenvalue weighted by Crippen LogP contribution is -2.11. The van der Waals surface area contributed by atoms with Crippen LogP contribution in [0.2, 0.25) is 0 Å². The molecule has 0 saturated heterocycles. The largest absolute Gasteiger partial charge is 0.296 e. The van der Waals surface area contributed by atoms with Crippen molar-refractivity contribution in [1.82, 2.24) is 0 Å². The summed E-state index contributed by atoms with van der Waals surface area (Å²) in [4.78, 5) is 4.12. The molecule has 1 rings (SSSR count). The van der Waals surface area contributed by atoms with Crippen molar-refractivity contribution in [3.05, 3.63) is 47.5 Å². The second kappa shape index (κ2) is 5.64. The topological polar surface area (TPSA) is 12.4 Å². The Labute approximate surface area is 98.9 Å². The van der Waals surface area contributed by atoms with Crippen LogP contribution in [-0.2, 0) is 6.42 Å². The van der Waals surface area contributed by atoms with E-state index in [2.05, 4.69) is 56.1 Å². The highest BCUT2D eigenvalue weighted by atomic mass is 14.6. The molecule has 0 unspecified atom stereocenters. The lowest BCUT2D eigenvalue weighted by Gasteiger charge is -2.19. The van der Waals surface area contributed by atoms with Crippen molar-refractivity contribution in [3.8, 4) is 0 Å². The molecule has 1 aromatic carbocycles. The van der Waals surface area contributed by atoms with Gasteiger partial charge in [0.1, 0.15) is 0 Å². The van der Waals surface area contributed by atoms with Gasteiger partial charge in [0.15, 0.2) is 0 Å². The fraction of sp³-hybridized carbons (Fsp3) is 0.400. The van der Waals surface area contributed by atoms with Gasteiger partial charge in [-0.05, 0) is 23.0 Å². The van der Waals surface area contributed by atoms with Crippen LogP contribution >= 0.6 is 0 Å². The van der Waals surface area contributed by atoms with E-state index in [4.69, 9.17) is 0 Å². The number of rotatable bonds is 3. The minimum Gasteiger partial charge on any atom is -0.296 e. The molecule has 1 aromatic rings. The average molecular weight is 215 g/mol. The second-order valence-corrected chi connectivity index (χ2v) is 4.99. The van der Waals surface area contributed by atoms with Gasteiger partial charge in [-0.3, -0.25) is 4.99 Å². The van der Waals surface area contributed by atoms with E-state index in [0.717, 1.165) is 6.42 Å². The summed E-state index contributed by atoms with van der Waals surface area (Å²) in [5, 5.41) is 0. The maximum atomic E-state index is 4.12. The number of benzene rings is 1. The van der Waals surface area contributed by atoms with Crippen LogP contribution in [0, 0.1) is 5.41 Å². The molecule has 0 fully saturated rings. The maximum Gasteiger partial charge on any atom is 0.0277 e. The fourth-order valence-electron chi connectivity index (χ4n) is 1.53. The van der Waals surface area contributed by atoms with E-state index in [1.807, 2.05) is 19.3 Å². The number of nitrogens with zero attached hydrogens (tertiary/aromatic N) is 1. The minimum absolute atomic E-state index is 0.161. The van der Waals surface area contributed by atoms with Crippen LogP contribution in [-0.4, -0.2) is 13.3 Å². The first-order valence-electron chi connectivity index (χ1n) is 5.71. The maximum absolute atomic E-state index is 4.12. The molecular formula is C15H21N. The average Bonchev–Trinajstić information content (AvgIpc) is 2.24. The first-order valence-corrected chi connectivity index (χ1v) is 5.71. The number of allylic oxidation sites excluding steroid dienone is 2. The van der Waals surface area contributed by atoms with Crippen molar-refractivity contribution in [1.29, 1.82) is 0 Å². The van der Waals surface area contributed by atoms with Crippen molar-refractivity contribution in [2.45, 2.75) is 27.2 Å². The molecule has 86 valence electrons. The number of hydrogen-bond acceptors (Lipinski definition) is 1. The molecule has 0 bridgehead atoms. The molecule has 0 saturated carbocycles. The SMILES string of the molecule is CN=C/C(=C\Cc1ccccc1)C(C)(C)C. The van der Waals surface area contributed by atoms with E-state index in [9.17, 15) is 0 Å². The molecule has 0 aliphatic rings. The van der Waals surface area contributed by atoms with Gasteiger partial charge in [0.25, 0.3) is 0 Å². The normalized spacial score (nSPS) is 13.4. The highest BCUT2D eigenvalue weighted by Gasteiger charge is 2.14. The molecule has 0 heterocycles. The third-order valence-electron chi connectivity index (χ3n) is 2.53. The molecule has 0 amide bonds. The van der Waals surface area contributed by atoms with Crippen LogP contribution in [0.15, 0.2) is 47.0 Å². The summed E-state index contributed by atoms with van der Waals surface area (Å²) in [5.74, 6) is 0. The molecule has 0 aliphatic heterocycles. The van der Waals surface area contributed by atoms with Crippen LogP contribution in [0.5, 0.6) is 0 Å². The van der Waals surface area contributed by atoms with Crippen molar-refractivity contribution < 1.29 is 0 Å². The lowest BCUT2D eigenvalue weighted by molar-refractivity contribution is 0.525. The Morgan fingerprint density at radius 3 is 2.31 bits per heavy atom. The molecule has 0 radical (unpaired) electrons. The summed E-state index contributed by atoms with van der Waals surface area (Å²) in [6, 6.07) is 10.5. The summed E-state index contributed by atoms with van der Waals surface area (Å²) in [5.41, 5.74) is 2.79. The zero-order valence-corrected chi connectivity index (χ0v) is 10.7. The van der Waals surface area contributed by atoms with E-state index in [1.165, 1.54) is 11.1 Å². The summed E-state index contributed by atoms with van der Waals surface area (Å²) in [7, 11) is 1.82. The Kier molecular flexibility index (Phi) is 4.48. The van der Waals surface area contributed by atoms with E-state index in [1.54, 1.807) is 0 Å². The molecule has 0 N–H and O–H groups in total. The van der Waals surface area contributed by atoms with Crippen LogP contribution in [0.25, 0.3) is 0 Å². The molecule has 1 nitrogen and oxygen atoms in total. The van der Waals surface area contributed by atoms with Gasteiger partial charge < -0.3 is 0 Å². The van der Waals surface area contributed by atoms with Gasteiger partial charge in [-0.15, -0.1) is 0 Å². The summed E-state index contributed by atoms with van der Waals surface area (Å²) >= 11 is 0. The van der Waals surface area contributed by atoms with E-state index in [0.29, 0.717) is 0 Å². The van der Waals surface area contributed by atoms with Gasteiger partial charge >= 0.3 is 0 Å². The van der Waals surface area contributed by atoms with Crippen LogP contribution in [0.3, 0.4) is 0 Å². The van der Waals surface area contributed by atoms with Gasteiger partial charge in [-0.25, -0.2) is 0 Å². The van der Waals surface area contributed by atoms with Gasteiger partial charge in [0.2, 0.25) is 0 Å². The molecule has 0 atom stereocenters. The molecule has 0 spiro atoms. The first-order chi connectivity index (χ1) is 7.54. The Hall–Kier alpha value is -1.37. The third kappa shape index (κ3) is 4.01. The number of aliphatic imine (C=N–C) groups is 1. The van der Waals surface area contributed by atoms with Crippen molar-refractivity contribution in [2.24, 2.45) is 10.4 Å². The van der Waals surface area contributed by atoms with E-state index < -0.39 is 0 Å². The summed E-state index contributed by atoms with van der Waals surface area (Å²) in [6.07, 6.45) is 5.20. The molecule has 16 heavy (non-hydrogen) atoms. The summed E-state index contributed by atoms with van der Waals surface area (Å²) < 4.78 is 0. The Bertz CT molecular complexity index is 366. The van der Waals surface area contributed by atoms with Gasteiger partial charge in [0.05, 0.1) is 0 Å². The quantitative estimate of drug-likeness (QED) is 0.678. The van der Waals surface area contributed by atoms with Crippen LogP contribution < -0.4 is 0 Å². The Morgan fingerprint density at radius 1 is 1.19 bits per heavy atom. The van der Waals surface area contributed by atoms with Gasteiger partial charge in [0, 0.05) is 13.3 Å². The van der Waals surface area contributed by atoms with Crippen LogP contribution in [0.4, 0.5) is 0 Å². The third-order valence-corrected chi connectivity index (χ3v) is 2.53. The molecule has 0 aliphatic carbocycles. The lowest BCUT2D eigenvalue weighted by atomic mass is 9.86. The smallest absolute Gasteiger partial charge is 0.0277 e. The van der Waals surface area contributed by atoms with Crippen molar-refractivity contribution in [2.75, 3.05) is 7.05 Å². The molecule has 0 aromatic heterocycles. The second-order valence-electron chi connectivity index (χ2n) is 4.99. The molecule has 1 heteroatoms. The van der Waals surface area contributed by atoms with E-state index >= 15 is 0 Å². The Balaban J connectivity index is 2.81. The van der Waals surface area contributed by atoms with E-state index in [-0.39, 0.29) is 5.41 Å². The molecular weight excluding hydrogens is 194 g/mol. The zero-order chi connectivity index (χ0) is 12.0. The van der Waals surface area contributed by atoms with Crippen molar-refractivity contribution >= 4 is 6.21 Å². The predicted octanol–water partition coefficient (Wildman–Crippen LogP) is 3.90. The minimum atomic E-state index is 0.161. The standard InChI is InChI=1S/C15H21N/c1-15(2,3)14(12-16-4)11-10-13-8-6-5-7-9-13/h5-9,11-12H,10H2,1-4H3/b14-11+,16-12?. The fourth-order valence-corrected chi connectivity index (χ4v) is 1.53. The monoisotopic (exact) mass is 215 g/mol. The van der Waals surface area contributed by atoms with Gasteiger partial charge in [-0.1, -0.05) is 57.2 Å². The predicted molar refractivity (Wildman–Crippen MR) is 72.1 cm³/mol. The van der Waals surface area contributed by atoms with Crippen molar-refractivity contribution in [3.63, 3.8) is 0 Å². The Morgan fingerprint density at radius 2 is 1.81 bits per heavy atom. The highest BCUT2D eigenvalue weighted by molar-refractivity contribution is 5.80. The van der Waals surface area contributed by atoms with Crippen LogP contribution in [0.1, 0.15) is 26.3 Å². The van der Waals surface area contributed by atoms with Gasteiger partial charge in [-0.2, -0.15) is 0 Å². The first kappa shape index (κ1) is 12.7. The zero-order valence-electron chi connectivity index (χ0n) is 10.7. The number of hydrogen-bond donors (Lipinski definition) is 0.